The zero-order valence-corrected chi connectivity index (χ0v) is 19.3. The van der Waals surface area contributed by atoms with E-state index >= 15 is 0 Å². The molecule has 146 valence electrons. The van der Waals surface area contributed by atoms with E-state index in [1.54, 1.807) is 30.2 Å². The van der Waals surface area contributed by atoms with Crippen molar-refractivity contribution in [3.05, 3.63) is 55.8 Å². The molecule has 0 spiro atoms. The number of carbonyl (C=O) groups excluding carboxylic acids is 1. The Kier molecular flexibility index (Phi) is 6.85. The number of carbonyl (C=O) groups is 1. The van der Waals surface area contributed by atoms with Gasteiger partial charge >= 0.3 is 0 Å². The molecule has 1 aliphatic heterocycles. The molecule has 0 unspecified atom stereocenters. The van der Waals surface area contributed by atoms with Crippen molar-refractivity contribution in [1.82, 2.24) is 4.90 Å². The summed E-state index contributed by atoms with van der Waals surface area (Å²) >= 11 is 7.99. The van der Waals surface area contributed by atoms with Gasteiger partial charge in [0.1, 0.15) is 11.5 Å². The van der Waals surface area contributed by atoms with Crippen molar-refractivity contribution < 1.29 is 14.6 Å². The standard InChI is InChI=1S/C20H18Br2N2O3S/c1-3-8-24-19(26)17(11-12-9-15(21)18(25)16(22)10-12)28-20(24)23-13-4-6-14(27-2)7-5-13/h4-7,9-11,25H,3,8H2,1-2H3/b17-11-,23-20?. The maximum atomic E-state index is 12.9. The molecule has 0 aromatic heterocycles. The largest absolute Gasteiger partial charge is 0.506 e. The second-order valence-corrected chi connectivity index (χ2v) is 8.71. The SMILES string of the molecule is CCCN1C(=O)/C(=C/c2cc(Br)c(O)c(Br)c2)SC1=Nc1ccc(OC)cc1. The zero-order chi connectivity index (χ0) is 20.3. The smallest absolute Gasteiger partial charge is 0.266 e. The fraction of sp³-hybridized carbons (Fsp3) is 0.200. The molecule has 1 heterocycles. The van der Waals surface area contributed by atoms with Crippen LogP contribution >= 0.6 is 43.6 Å². The van der Waals surface area contributed by atoms with Gasteiger partial charge in [-0.05, 0) is 98.1 Å². The van der Waals surface area contributed by atoms with Crippen LogP contribution in [-0.2, 0) is 4.79 Å². The monoisotopic (exact) mass is 524 g/mol. The summed E-state index contributed by atoms with van der Waals surface area (Å²) in [6.45, 7) is 2.62. The van der Waals surface area contributed by atoms with E-state index in [2.05, 4.69) is 36.9 Å². The van der Waals surface area contributed by atoms with Gasteiger partial charge < -0.3 is 9.84 Å². The van der Waals surface area contributed by atoms with Crippen LogP contribution in [0, 0.1) is 0 Å². The quantitative estimate of drug-likeness (QED) is 0.490. The molecule has 1 aliphatic rings. The highest BCUT2D eigenvalue weighted by Crippen LogP contribution is 2.37. The number of benzene rings is 2. The summed E-state index contributed by atoms with van der Waals surface area (Å²) in [4.78, 5) is 19.8. The van der Waals surface area contributed by atoms with E-state index < -0.39 is 0 Å². The minimum atomic E-state index is -0.0700. The van der Waals surface area contributed by atoms with Crippen molar-refractivity contribution in [2.75, 3.05) is 13.7 Å². The number of phenolic OH excluding ortho intramolecular Hbond substituents is 1. The number of amidine groups is 1. The Bertz CT molecular complexity index is 935. The van der Waals surface area contributed by atoms with Gasteiger partial charge in [-0.3, -0.25) is 9.69 Å². The minimum absolute atomic E-state index is 0.0700. The summed E-state index contributed by atoms with van der Waals surface area (Å²) < 4.78 is 6.29. The lowest BCUT2D eigenvalue weighted by Gasteiger charge is -2.14. The normalized spacial score (nSPS) is 17.0. The summed E-state index contributed by atoms with van der Waals surface area (Å²) in [5, 5.41) is 10.5. The van der Waals surface area contributed by atoms with Crippen LogP contribution in [0.4, 0.5) is 5.69 Å². The van der Waals surface area contributed by atoms with Crippen LogP contribution in [0.25, 0.3) is 6.08 Å². The summed E-state index contributed by atoms with van der Waals surface area (Å²) in [6.07, 6.45) is 2.64. The maximum Gasteiger partial charge on any atom is 0.266 e. The Hall–Kier alpha value is -1.77. The summed E-state index contributed by atoms with van der Waals surface area (Å²) in [6, 6.07) is 10.9. The number of hydrogen-bond acceptors (Lipinski definition) is 5. The Labute approximate surface area is 184 Å². The van der Waals surface area contributed by atoms with Crippen molar-refractivity contribution >= 4 is 66.5 Å². The van der Waals surface area contributed by atoms with Crippen LogP contribution < -0.4 is 4.74 Å². The summed E-state index contributed by atoms with van der Waals surface area (Å²) in [7, 11) is 1.62. The van der Waals surface area contributed by atoms with Gasteiger partial charge in [0.05, 0.1) is 26.6 Å². The number of thioether (sulfide) groups is 1. The third-order valence-corrected chi connectivity index (χ3v) is 6.19. The van der Waals surface area contributed by atoms with Gasteiger partial charge in [-0.2, -0.15) is 0 Å². The topological polar surface area (TPSA) is 62.1 Å². The van der Waals surface area contributed by atoms with E-state index in [-0.39, 0.29) is 11.7 Å². The Morgan fingerprint density at radius 1 is 1.21 bits per heavy atom. The van der Waals surface area contributed by atoms with Gasteiger partial charge in [0.15, 0.2) is 5.17 Å². The molecule has 1 N–H and O–H groups in total. The molecule has 0 bridgehead atoms. The molecular formula is C20H18Br2N2O3S. The molecule has 0 aliphatic carbocycles. The number of methoxy groups -OCH3 is 1. The zero-order valence-electron chi connectivity index (χ0n) is 15.3. The third-order valence-electron chi connectivity index (χ3n) is 3.97. The minimum Gasteiger partial charge on any atom is -0.506 e. The number of hydrogen-bond donors (Lipinski definition) is 1. The molecule has 1 amide bonds. The predicted molar refractivity (Wildman–Crippen MR) is 121 cm³/mol. The molecular weight excluding hydrogens is 508 g/mol. The van der Waals surface area contributed by atoms with Crippen molar-refractivity contribution in [2.45, 2.75) is 13.3 Å². The molecule has 28 heavy (non-hydrogen) atoms. The van der Waals surface area contributed by atoms with Crippen molar-refractivity contribution in [1.29, 1.82) is 0 Å². The number of ether oxygens (including phenoxy) is 1. The molecule has 0 radical (unpaired) electrons. The second kappa shape index (κ2) is 9.15. The molecule has 0 atom stereocenters. The van der Waals surface area contributed by atoms with E-state index in [1.807, 2.05) is 31.2 Å². The number of halogens is 2. The van der Waals surface area contributed by atoms with Gasteiger partial charge in [-0.15, -0.1) is 0 Å². The Morgan fingerprint density at radius 2 is 1.86 bits per heavy atom. The van der Waals surface area contributed by atoms with E-state index in [9.17, 15) is 9.90 Å². The highest BCUT2D eigenvalue weighted by molar-refractivity contribution is 9.11. The van der Waals surface area contributed by atoms with E-state index in [4.69, 9.17) is 4.74 Å². The average molecular weight is 526 g/mol. The molecule has 1 fully saturated rings. The third kappa shape index (κ3) is 4.61. The van der Waals surface area contributed by atoms with Crippen molar-refractivity contribution in [2.24, 2.45) is 4.99 Å². The number of amides is 1. The molecule has 0 saturated carbocycles. The second-order valence-electron chi connectivity index (χ2n) is 5.99. The van der Waals surface area contributed by atoms with Crippen LogP contribution in [0.2, 0.25) is 0 Å². The van der Waals surface area contributed by atoms with Crippen LogP contribution in [0.3, 0.4) is 0 Å². The number of phenols is 1. The van der Waals surface area contributed by atoms with Crippen LogP contribution in [-0.4, -0.2) is 34.7 Å². The first-order valence-corrected chi connectivity index (χ1v) is 10.9. The van der Waals surface area contributed by atoms with Crippen molar-refractivity contribution in [3.63, 3.8) is 0 Å². The number of nitrogens with zero attached hydrogens (tertiary/aromatic N) is 2. The lowest BCUT2D eigenvalue weighted by atomic mass is 10.2. The Balaban J connectivity index is 1.94. The van der Waals surface area contributed by atoms with E-state index in [0.717, 1.165) is 23.4 Å². The van der Waals surface area contributed by atoms with E-state index in [1.165, 1.54) is 11.8 Å². The summed E-state index contributed by atoms with van der Waals surface area (Å²) in [5.41, 5.74) is 1.56. The van der Waals surface area contributed by atoms with Gasteiger partial charge in [-0.1, -0.05) is 6.92 Å². The van der Waals surface area contributed by atoms with Gasteiger partial charge in [0, 0.05) is 6.54 Å². The highest BCUT2D eigenvalue weighted by Gasteiger charge is 2.32. The fourth-order valence-electron chi connectivity index (χ4n) is 2.60. The lowest BCUT2D eigenvalue weighted by Crippen LogP contribution is -2.29. The first-order valence-electron chi connectivity index (χ1n) is 8.55. The van der Waals surface area contributed by atoms with Gasteiger partial charge in [0.2, 0.25) is 0 Å². The van der Waals surface area contributed by atoms with Crippen LogP contribution in [0.15, 0.2) is 55.2 Å². The highest BCUT2D eigenvalue weighted by atomic mass is 79.9. The lowest BCUT2D eigenvalue weighted by molar-refractivity contribution is -0.122. The average Bonchev–Trinajstić information content (AvgIpc) is 2.96. The molecule has 2 aromatic carbocycles. The molecule has 5 nitrogen and oxygen atoms in total. The molecule has 8 heteroatoms. The number of rotatable bonds is 5. The van der Waals surface area contributed by atoms with Crippen LogP contribution in [0.5, 0.6) is 11.5 Å². The molecule has 1 saturated heterocycles. The first kappa shape index (κ1) is 21.0. The Morgan fingerprint density at radius 3 is 2.43 bits per heavy atom. The fourth-order valence-corrected chi connectivity index (χ4v) is 4.85. The maximum absolute atomic E-state index is 12.9. The summed E-state index contributed by atoms with van der Waals surface area (Å²) in [5.74, 6) is 0.815. The van der Waals surface area contributed by atoms with Crippen molar-refractivity contribution in [3.8, 4) is 11.5 Å². The number of aliphatic imine (C=N–C) groups is 1. The molecule has 2 aromatic rings. The molecule has 3 rings (SSSR count). The first-order chi connectivity index (χ1) is 13.4. The predicted octanol–water partition coefficient (Wildman–Crippen LogP) is 5.94. The van der Waals surface area contributed by atoms with Crippen LogP contribution in [0.1, 0.15) is 18.9 Å². The van der Waals surface area contributed by atoms with E-state index in [0.29, 0.717) is 25.6 Å². The van der Waals surface area contributed by atoms with Gasteiger partial charge in [0.25, 0.3) is 5.91 Å². The van der Waals surface area contributed by atoms with Gasteiger partial charge in [-0.25, -0.2) is 4.99 Å². The number of aromatic hydroxyl groups is 1.